The van der Waals surface area contributed by atoms with Crippen LogP contribution in [0.3, 0.4) is 0 Å². The van der Waals surface area contributed by atoms with Crippen LogP contribution in [0.25, 0.3) is 0 Å². The molecule has 0 fully saturated rings. The number of carbonyl (C=O) groups excluding carboxylic acids is 1. The van der Waals surface area contributed by atoms with Crippen molar-refractivity contribution in [3.63, 3.8) is 0 Å². The lowest BCUT2D eigenvalue weighted by atomic mass is 10.1. The van der Waals surface area contributed by atoms with Crippen LogP contribution >= 0.6 is 15.9 Å². The Labute approximate surface area is 99.2 Å². The molecule has 1 N–H and O–H groups in total. The molecule has 3 heteroatoms. The number of aliphatic hydroxyl groups is 1. The van der Waals surface area contributed by atoms with Crippen LogP contribution in [0.2, 0.25) is 0 Å². The summed E-state index contributed by atoms with van der Waals surface area (Å²) in [6, 6.07) is 0. The van der Waals surface area contributed by atoms with Gasteiger partial charge in [0.1, 0.15) is 0 Å². The fourth-order valence-corrected chi connectivity index (χ4v) is 2.12. The maximum atomic E-state index is 11.3. The number of halogens is 1. The lowest BCUT2D eigenvalue weighted by Crippen LogP contribution is -1.95. The highest BCUT2D eigenvalue weighted by Crippen LogP contribution is 2.24. The number of aliphatic hydroxyl groups excluding tert-OH is 1. The van der Waals surface area contributed by atoms with Crippen molar-refractivity contribution in [3.8, 4) is 0 Å². The number of Topliss-reactive ketones (excluding diaryl/α,β-unsaturated/α-hetero) is 1. The molecule has 1 aliphatic carbocycles. The molecule has 0 aromatic heterocycles. The van der Waals surface area contributed by atoms with Crippen LogP contribution in [0, 0.1) is 0 Å². The molecule has 0 amide bonds. The van der Waals surface area contributed by atoms with Crippen molar-refractivity contribution < 1.29 is 9.90 Å². The third kappa shape index (κ3) is 4.76. The van der Waals surface area contributed by atoms with Gasteiger partial charge in [0.05, 0.1) is 0 Å². The molecule has 84 valence electrons. The maximum absolute atomic E-state index is 11.3. The zero-order valence-electron chi connectivity index (χ0n) is 8.84. The van der Waals surface area contributed by atoms with Crippen molar-refractivity contribution in [3.05, 3.63) is 22.2 Å². The number of unbranched alkanes of at least 4 members (excludes halogenated alkanes) is 2. The summed E-state index contributed by atoms with van der Waals surface area (Å²) < 4.78 is 1.09. The highest BCUT2D eigenvalue weighted by Gasteiger charge is 2.14. The molecule has 0 aromatic rings. The SMILES string of the molecule is O=C1CCC=C1CC(Br)=CCCCCO. The molecule has 2 nitrogen and oxygen atoms in total. The molecule has 0 atom stereocenters. The van der Waals surface area contributed by atoms with Crippen molar-refractivity contribution in [2.24, 2.45) is 0 Å². The molecule has 1 aliphatic rings. The number of ketones is 1. The molecular weight excluding hydrogens is 256 g/mol. The molecule has 15 heavy (non-hydrogen) atoms. The van der Waals surface area contributed by atoms with Crippen molar-refractivity contribution in [2.75, 3.05) is 6.61 Å². The summed E-state index contributed by atoms with van der Waals surface area (Å²) in [5.41, 5.74) is 0.945. The standard InChI is InChI=1S/C12H17BrO2/c13-11(6-2-1-3-8-14)9-10-5-4-7-12(10)15/h5-6,14H,1-4,7-9H2. The molecule has 0 aliphatic heterocycles. The molecule has 0 saturated heterocycles. The van der Waals surface area contributed by atoms with Gasteiger partial charge in [-0.15, -0.1) is 0 Å². The van der Waals surface area contributed by atoms with Crippen LogP contribution in [0.4, 0.5) is 0 Å². The molecule has 1 rings (SSSR count). The summed E-state index contributed by atoms with van der Waals surface area (Å²) in [4.78, 5) is 11.3. The Bertz CT molecular complexity index is 279. The van der Waals surface area contributed by atoms with Crippen molar-refractivity contribution in [1.29, 1.82) is 0 Å². The molecule has 0 aromatic carbocycles. The van der Waals surface area contributed by atoms with Gasteiger partial charge < -0.3 is 5.11 Å². The van der Waals surface area contributed by atoms with E-state index < -0.39 is 0 Å². The van der Waals surface area contributed by atoms with Crippen molar-refractivity contribution in [1.82, 2.24) is 0 Å². The molecule has 0 spiro atoms. The summed E-state index contributed by atoms with van der Waals surface area (Å²) in [5, 5.41) is 8.61. The second kappa shape index (κ2) is 6.96. The minimum Gasteiger partial charge on any atom is -0.396 e. The van der Waals surface area contributed by atoms with Crippen LogP contribution in [0.5, 0.6) is 0 Å². The Morgan fingerprint density at radius 3 is 2.93 bits per heavy atom. The first-order valence-corrected chi connectivity index (χ1v) is 6.21. The summed E-state index contributed by atoms with van der Waals surface area (Å²) >= 11 is 3.47. The van der Waals surface area contributed by atoms with E-state index in [9.17, 15) is 4.79 Å². The number of hydrogen-bond acceptors (Lipinski definition) is 2. The number of allylic oxidation sites excluding steroid dienone is 4. The van der Waals surface area contributed by atoms with Crippen LogP contribution in [0.1, 0.15) is 38.5 Å². The molecular formula is C12H17BrO2. The van der Waals surface area contributed by atoms with E-state index in [1.807, 2.05) is 6.08 Å². The number of carbonyl (C=O) groups is 1. The van der Waals surface area contributed by atoms with E-state index in [1.165, 1.54) is 0 Å². The van der Waals surface area contributed by atoms with E-state index in [0.29, 0.717) is 6.42 Å². The normalized spacial score (nSPS) is 17.1. The third-order valence-corrected chi connectivity index (χ3v) is 3.06. The summed E-state index contributed by atoms with van der Waals surface area (Å²) in [5.74, 6) is 0.288. The lowest BCUT2D eigenvalue weighted by Gasteiger charge is -2.00. The van der Waals surface area contributed by atoms with Crippen LogP contribution < -0.4 is 0 Å². The van der Waals surface area contributed by atoms with Gasteiger partial charge in [-0.1, -0.05) is 28.1 Å². The Morgan fingerprint density at radius 1 is 1.53 bits per heavy atom. The summed E-state index contributed by atoms with van der Waals surface area (Å²) in [6.07, 6.45) is 9.25. The van der Waals surface area contributed by atoms with E-state index in [1.54, 1.807) is 0 Å². The second-order valence-electron chi connectivity index (χ2n) is 3.74. The predicted octanol–water partition coefficient (Wildman–Crippen LogP) is 3.11. The maximum Gasteiger partial charge on any atom is 0.159 e. The number of rotatable bonds is 6. The fraction of sp³-hybridized carbons (Fsp3) is 0.583. The number of hydrogen-bond donors (Lipinski definition) is 1. The van der Waals surface area contributed by atoms with Gasteiger partial charge in [-0.2, -0.15) is 0 Å². The highest BCUT2D eigenvalue weighted by atomic mass is 79.9. The first kappa shape index (κ1) is 12.7. The minimum absolute atomic E-state index is 0.259. The topological polar surface area (TPSA) is 37.3 Å². The van der Waals surface area contributed by atoms with Crippen LogP contribution in [0.15, 0.2) is 22.2 Å². The first-order chi connectivity index (χ1) is 7.24. The average molecular weight is 273 g/mol. The van der Waals surface area contributed by atoms with Gasteiger partial charge >= 0.3 is 0 Å². The quantitative estimate of drug-likeness (QED) is 0.755. The zero-order valence-corrected chi connectivity index (χ0v) is 10.4. The van der Waals surface area contributed by atoms with E-state index >= 15 is 0 Å². The Morgan fingerprint density at radius 2 is 2.33 bits per heavy atom. The van der Waals surface area contributed by atoms with Crippen LogP contribution in [-0.4, -0.2) is 17.5 Å². The second-order valence-corrected chi connectivity index (χ2v) is 4.76. The van der Waals surface area contributed by atoms with Gasteiger partial charge in [0.25, 0.3) is 0 Å². The van der Waals surface area contributed by atoms with E-state index in [0.717, 1.165) is 42.2 Å². The molecule has 0 radical (unpaired) electrons. The Kier molecular flexibility index (Phi) is 5.88. The van der Waals surface area contributed by atoms with Gasteiger partial charge in [0.15, 0.2) is 5.78 Å². The molecule has 0 bridgehead atoms. The van der Waals surface area contributed by atoms with Gasteiger partial charge in [0, 0.05) is 19.4 Å². The smallest absolute Gasteiger partial charge is 0.159 e. The highest BCUT2D eigenvalue weighted by molar-refractivity contribution is 9.11. The lowest BCUT2D eigenvalue weighted by molar-refractivity contribution is -0.114. The summed E-state index contributed by atoms with van der Waals surface area (Å²) in [7, 11) is 0. The van der Waals surface area contributed by atoms with Gasteiger partial charge in [0.2, 0.25) is 0 Å². The monoisotopic (exact) mass is 272 g/mol. The van der Waals surface area contributed by atoms with Crippen molar-refractivity contribution >= 4 is 21.7 Å². The van der Waals surface area contributed by atoms with Gasteiger partial charge in [-0.25, -0.2) is 0 Å². The summed E-state index contributed by atoms with van der Waals surface area (Å²) in [6.45, 7) is 0.259. The predicted molar refractivity (Wildman–Crippen MR) is 64.9 cm³/mol. The van der Waals surface area contributed by atoms with Gasteiger partial charge in [-0.05, 0) is 35.7 Å². The van der Waals surface area contributed by atoms with E-state index in [4.69, 9.17) is 5.11 Å². The minimum atomic E-state index is 0.259. The Balaban J connectivity index is 2.28. The average Bonchev–Trinajstić information content (AvgIpc) is 2.59. The third-order valence-electron chi connectivity index (χ3n) is 2.46. The van der Waals surface area contributed by atoms with E-state index in [2.05, 4.69) is 22.0 Å². The molecule has 0 unspecified atom stereocenters. The van der Waals surface area contributed by atoms with Crippen LogP contribution in [-0.2, 0) is 4.79 Å². The van der Waals surface area contributed by atoms with E-state index in [-0.39, 0.29) is 12.4 Å². The van der Waals surface area contributed by atoms with Gasteiger partial charge in [-0.3, -0.25) is 4.79 Å². The largest absolute Gasteiger partial charge is 0.396 e. The zero-order chi connectivity index (χ0) is 11.1. The van der Waals surface area contributed by atoms with Crippen molar-refractivity contribution in [2.45, 2.75) is 38.5 Å². The first-order valence-electron chi connectivity index (χ1n) is 5.41. The molecule has 0 heterocycles. The Hall–Kier alpha value is -0.410. The molecule has 0 saturated carbocycles. The fourth-order valence-electron chi connectivity index (χ4n) is 1.59.